The summed E-state index contributed by atoms with van der Waals surface area (Å²) in [6, 6.07) is 35.8. The fraction of sp³-hybridized carbons (Fsp3) is 0.211. The van der Waals surface area contributed by atoms with E-state index in [4.69, 9.17) is 4.74 Å². The van der Waals surface area contributed by atoms with E-state index in [1.165, 1.54) is 16.0 Å². The van der Waals surface area contributed by atoms with Gasteiger partial charge in [-0.15, -0.1) is 0 Å². The summed E-state index contributed by atoms with van der Waals surface area (Å²) in [4.78, 5) is 69.4. The monoisotopic (exact) mass is 687 g/mol. The van der Waals surface area contributed by atoms with Crippen LogP contribution in [0.5, 0.6) is 0 Å². The lowest BCUT2D eigenvalue weighted by molar-refractivity contribution is -0.169. The number of hydrogen-bond donors (Lipinski definition) is 1. The van der Waals surface area contributed by atoms with Gasteiger partial charge in [0.05, 0.1) is 25.7 Å². The topological polar surface area (TPSA) is 129 Å². The Morgan fingerprint density at radius 3 is 2.02 bits per heavy atom. The van der Waals surface area contributed by atoms with Crippen molar-refractivity contribution in [3.63, 3.8) is 0 Å². The molecule has 0 spiro atoms. The molecule has 0 bridgehead atoms. The zero-order valence-electron chi connectivity index (χ0n) is 26.8. The van der Waals surface area contributed by atoms with Crippen molar-refractivity contribution in [1.29, 1.82) is 0 Å². The first kappa shape index (κ1) is 32.8. The van der Waals surface area contributed by atoms with Crippen molar-refractivity contribution in [2.24, 2.45) is 5.10 Å². The van der Waals surface area contributed by atoms with E-state index >= 15 is 0 Å². The molecule has 1 N–H and O–H groups in total. The normalized spacial score (nSPS) is 21.7. The second-order valence-corrected chi connectivity index (χ2v) is 13.5. The van der Waals surface area contributed by atoms with E-state index in [9.17, 15) is 24.0 Å². The number of piperazine rings is 1. The number of hydrogen-bond acceptors (Lipinski definition) is 8. The number of β-lactam (4-membered cyclic amide) rings is 1. The first-order valence-electron chi connectivity index (χ1n) is 16.2. The second-order valence-electron chi connectivity index (χ2n) is 12.1. The van der Waals surface area contributed by atoms with Gasteiger partial charge in [0.1, 0.15) is 11.4 Å². The van der Waals surface area contributed by atoms with Crippen molar-refractivity contribution in [3.05, 3.63) is 144 Å². The third-order valence-corrected chi connectivity index (χ3v) is 10.6. The third kappa shape index (κ3) is 6.37. The highest BCUT2D eigenvalue weighted by molar-refractivity contribution is 8.02. The maximum atomic E-state index is 14.6. The van der Waals surface area contributed by atoms with Crippen LogP contribution in [0.2, 0.25) is 0 Å². The molecule has 3 aliphatic rings. The highest BCUT2D eigenvalue weighted by Crippen LogP contribution is 2.50. The van der Waals surface area contributed by atoms with E-state index in [0.717, 1.165) is 27.9 Å². The lowest BCUT2D eigenvalue weighted by Crippen LogP contribution is -2.68. The molecule has 4 amide bonds. The molecule has 4 aromatic rings. The van der Waals surface area contributed by atoms with Gasteiger partial charge in [-0.25, -0.2) is 9.80 Å². The molecule has 0 aromatic heterocycles. The number of thioether (sulfide) groups is 1. The fourth-order valence-corrected chi connectivity index (χ4v) is 8.02. The van der Waals surface area contributed by atoms with Crippen molar-refractivity contribution >= 4 is 47.6 Å². The van der Waals surface area contributed by atoms with E-state index in [1.807, 2.05) is 121 Å². The van der Waals surface area contributed by atoms with E-state index in [0.29, 0.717) is 11.1 Å². The summed E-state index contributed by atoms with van der Waals surface area (Å²) in [5.74, 6) is -3.36. The van der Waals surface area contributed by atoms with Crippen molar-refractivity contribution in [1.82, 2.24) is 20.1 Å². The van der Waals surface area contributed by atoms with Gasteiger partial charge in [-0.3, -0.25) is 19.2 Å². The Morgan fingerprint density at radius 1 is 0.820 bits per heavy atom. The molecule has 0 radical (unpaired) electrons. The molecular formula is C38H33N5O6S. The van der Waals surface area contributed by atoms with Crippen LogP contribution < -0.4 is 5.32 Å². The van der Waals surface area contributed by atoms with Crippen molar-refractivity contribution in [2.75, 3.05) is 19.6 Å². The van der Waals surface area contributed by atoms with E-state index in [-0.39, 0.29) is 37.9 Å². The minimum absolute atomic E-state index is 0.0140. The molecule has 3 saturated heterocycles. The molecule has 3 atom stereocenters. The van der Waals surface area contributed by atoms with Gasteiger partial charge in [-0.1, -0.05) is 133 Å². The number of esters is 1. The molecule has 4 aromatic carbocycles. The average molecular weight is 688 g/mol. The number of hydrazone groups is 1. The van der Waals surface area contributed by atoms with Gasteiger partial charge in [-0.2, -0.15) is 5.10 Å². The van der Waals surface area contributed by atoms with Crippen LogP contribution in [0.3, 0.4) is 0 Å². The smallest absolute Gasteiger partial charge is 0.345 e. The van der Waals surface area contributed by atoms with E-state index in [2.05, 4.69) is 10.4 Å². The number of carbonyl (C=O) groups excluding carboxylic acids is 5. The minimum atomic E-state index is -1.77. The molecule has 0 aliphatic carbocycles. The van der Waals surface area contributed by atoms with Crippen molar-refractivity contribution < 1.29 is 28.7 Å². The number of ether oxygens (including phenoxy) is 1. The SMILES string of the molecule is O=C(Cc1ccccc1)N[C@@H]1C(=O)N2C[C@@](C(=O)OC(c3ccccc3)c3ccccc3)(N3CCN(/N=C/c4ccccc4)C(=O)C3=O)S[C@H]12. The molecule has 50 heavy (non-hydrogen) atoms. The van der Waals surface area contributed by atoms with Crippen LogP contribution in [-0.4, -0.2) is 86.5 Å². The van der Waals surface area contributed by atoms with Crippen LogP contribution in [0.1, 0.15) is 28.4 Å². The molecule has 11 nitrogen and oxygen atoms in total. The number of benzene rings is 4. The van der Waals surface area contributed by atoms with Gasteiger partial charge in [0.15, 0.2) is 6.10 Å². The van der Waals surface area contributed by atoms with Crippen LogP contribution in [0.4, 0.5) is 0 Å². The van der Waals surface area contributed by atoms with Crippen LogP contribution in [0, 0.1) is 0 Å². The number of rotatable bonds is 10. The van der Waals surface area contributed by atoms with Gasteiger partial charge in [0.25, 0.3) is 0 Å². The number of amides is 4. The van der Waals surface area contributed by atoms with E-state index in [1.54, 1.807) is 0 Å². The Balaban J connectivity index is 1.18. The molecule has 0 saturated carbocycles. The van der Waals surface area contributed by atoms with Crippen LogP contribution in [-0.2, 0) is 35.1 Å². The number of carbonyl (C=O) groups is 5. The van der Waals surface area contributed by atoms with Gasteiger partial charge in [-0.05, 0) is 22.3 Å². The van der Waals surface area contributed by atoms with Gasteiger partial charge < -0.3 is 19.9 Å². The minimum Gasteiger partial charge on any atom is -0.450 e. The summed E-state index contributed by atoms with van der Waals surface area (Å²) in [6.07, 6.45) is 0.728. The van der Waals surface area contributed by atoms with Crippen LogP contribution >= 0.6 is 11.8 Å². The quantitative estimate of drug-likeness (QED) is 0.117. The molecule has 12 heteroatoms. The Bertz CT molecular complexity index is 1890. The zero-order valence-corrected chi connectivity index (χ0v) is 27.6. The van der Waals surface area contributed by atoms with Gasteiger partial charge in [0, 0.05) is 6.54 Å². The summed E-state index contributed by atoms with van der Waals surface area (Å²) < 4.78 is 6.30. The maximum absolute atomic E-state index is 14.6. The Kier molecular flexibility index (Phi) is 9.18. The van der Waals surface area contributed by atoms with Crippen LogP contribution in [0.15, 0.2) is 126 Å². The maximum Gasteiger partial charge on any atom is 0.345 e. The Hall–Kier alpha value is -5.75. The number of nitrogens with one attached hydrogen (secondary N) is 1. The molecule has 3 fully saturated rings. The molecule has 3 heterocycles. The predicted molar refractivity (Wildman–Crippen MR) is 186 cm³/mol. The number of fused-ring (bicyclic) bond motifs is 1. The number of nitrogens with zero attached hydrogens (tertiary/aromatic N) is 4. The van der Waals surface area contributed by atoms with Gasteiger partial charge in [0.2, 0.25) is 16.7 Å². The standard InChI is InChI=1S/C38H33N5O6S/c44-30(23-26-13-5-1-6-14-26)40-31-33(45)41-25-38(50-36(31)41,37(48)49-32(28-17-9-3-10-18-28)29-19-11-4-12-20-29)42-21-22-43(35(47)34(42)46)39-24-27-15-7-2-8-16-27/h1-20,24,31-32,36H,21-23,25H2,(H,40,44)/b39-24+/t31-,36-,38-/m1/s1. The molecule has 252 valence electrons. The molecule has 0 unspecified atom stereocenters. The van der Waals surface area contributed by atoms with Crippen molar-refractivity contribution in [2.45, 2.75) is 28.8 Å². The lowest BCUT2D eigenvalue weighted by Gasteiger charge is -2.41. The first-order valence-corrected chi connectivity index (χ1v) is 17.1. The third-order valence-electron chi connectivity index (χ3n) is 8.89. The lowest BCUT2D eigenvalue weighted by atomic mass is 10.0. The van der Waals surface area contributed by atoms with Crippen molar-refractivity contribution in [3.8, 4) is 0 Å². The summed E-state index contributed by atoms with van der Waals surface area (Å²) in [5.41, 5.74) is 2.95. The summed E-state index contributed by atoms with van der Waals surface area (Å²) >= 11 is 1.04. The van der Waals surface area contributed by atoms with Crippen LogP contribution in [0.25, 0.3) is 0 Å². The Labute approximate surface area is 292 Å². The summed E-state index contributed by atoms with van der Waals surface area (Å²) in [5, 5.41) is 7.48. The largest absolute Gasteiger partial charge is 0.450 e. The highest BCUT2D eigenvalue weighted by Gasteiger charge is 2.67. The first-order chi connectivity index (χ1) is 24.3. The zero-order chi connectivity index (χ0) is 34.7. The second kappa shape index (κ2) is 14.0. The summed E-state index contributed by atoms with van der Waals surface area (Å²) in [7, 11) is 0. The van der Waals surface area contributed by atoms with Gasteiger partial charge >= 0.3 is 17.8 Å². The Morgan fingerprint density at radius 2 is 1.40 bits per heavy atom. The molecule has 7 rings (SSSR count). The highest BCUT2D eigenvalue weighted by atomic mass is 32.2. The molecular weight excluding hydrogens is 655 g/mol. The fourth-order valence-electron chi connectivity index (χ4n) is 6.34. The predicted octanol–water partition coefficient (Wildman–Crippen LogP) is 3.36. The molecule has 3 aliphatic heterocycles. The summed E-state index contributed by atoms with van der Waals surface area (Å²) in [6.45, 7) is -0.242. The average Bonchev–Trinajstić information content (AvgIpc) is 3.52. The van der Waals surface area contributed by atoms with E-state index < -0.39 is 40.2 Å².